The van der Waals surface area contributed by atoms with Gasteiger partial charge in [-0.05, 0) is 63.2 Å². The number of rotatable bonds is 7. The van der Waals surface area contributed by atoms with Gasteiger partial charge in [-0.2, -0.15) is 18.4 Å². The Morgan fingerprint density at radius 2 is 1.71 bits per heavy atom. The van der Waals surface area contributed by atoms with Gasteiger partial charge in [-0.1, -0.05) is 0 Å². The first-order valence-corrected chi connectivity index (χ1v) is 13.5. The number of likely N-dealkylation sites (tertiary alicyclic amines) is 1. The number of imide groups is 1. The number of fused-ring (bicyclic) bond motifs is 5. The van der Waals surface area contributed by atoms with Crippen LogP contribution in [0, 0.1) is 23.2 Å². The molecular formula is C29H30F3N5O5. The topological polar surface area (TPSA) is 124 Å². The number of hydrogen-bond acceptors (Lipinski definition) is 7. The highest BCUT2D eigenvalue weighted by Gasteiger charge is 2.71. The summed E-state index contributed by atoms with van der Waals surface area (Å²) in [4.78, 5) is 41.8. The number of carbonyl (C=O) groups excluding carboxylic acids is 3. The van der Waals surface area contributed by atoms with Gasteiger partial charge in [-0.25, -0.2) is 9.69 Å². The largest absolute Gasteiger partial charge is 0.492 e. The molecule has 4 atom stereocenters. The van der Waals surface area contributed by atoms with E-state index in [4.69, 9.17) is 14.7 Å². The van der Waals surface area contributed by atoms with Crippen molar-refractivity contribution in [3.63, 3.8) is 0 Å². The molecule has 5 rings (SSSR count). The summed E-state index contributed by atoms with van der Waals surface area (Å²) in [6, 6.07) is 11.0. The number of halogens is 3. The summed E-state index contributed by atoms with van der Waals surface area (Å²) in [7, 11) is 0. The number of nitriles is 1. The monoisotopic (exact) mass is 585 g/mol. The SMILES string of the molecule is CCNC(=O)Nc1ccc(OCCN2CC3(C)O[C@](C)(C2)[C@@H]2C(=O)N(c4ccc(C#N)c(C(F)(F)F)c4)C(=O)C23)cc1. The van der Waals surface area contributed by atoms with Crippen molar-refractivity contribution in [2.24, 2.45) is 11.8 Å². The van der Waals surface area contributed by atoms with Gasteiger partial charge in [0, 0.05) is 31.9 Å². The van der Waals surface area contributed by atoms with Gasteiger partial charge in [0.05, 0.1) is 45.9 Å². The zero-order chi connectivity index (χ0) is 30.4. The minimum atomic E-state index is -4.83. The molecule has 2 aromatic rings. The van der Waals surface area contributed by atoms with Crippen LogP contribution in [0.1, 0.15) is 31.9 Å². The fourth-order valence-electron chi connectivity index (χ4n) is 6.44. The van der Waals surface area contributed by atoms with Gasteiger partial charge in [0.25, 0.3) is 0 Å². The number of benzene rings is 2. The maximum absolute atomic E-state index is 13.6. The Labute approximate surface area is 240 Å². The molecule has 4 amide bonds. The van der Waals surface area contributed by atoms with Gasteiger partial charge in [0.2, 0.25) is 11.8 Å². The number of nitrogens with one attached hydrogen (secondary N) is 2. The lowest BCUT2D eigenvalue weighted by atomic mass is 9.79. The standard InChI is InChI=1S/C29H30F3N5O5/c1-4-34-26(40)35-18-6-9-20(10-7-18)41-12-11-36-15-27(2)22-23(28(3,16-36)42-27)25(39)37(24(22)38)19-8-5-17(14-33)21(13-19)29(30,31)32/h5-10,13,22-23H,4,11-12,15-16H2,1-3H3,(H2,34,35,40)/t22-,23?,27+,28?/m0/s1. The van der Waals surface area contributed by atoms with E-state index < -0.39 is 52.2 Å². The molecule has 0 aromatic heterocycles. The molecule has 2 aromatic carbocycles. The molecule has 0 aliphatic carbocycles. The highest BCUT2D eigenvalue weighted by molar-refractivity contribution is 6.23. The average molecular weight is 586 g/mol. The van der Waals surface area contributed by atoms with Crippen molar-refractivity contribution in [2.75, 3.05) is 43.0 Å². The summed E-state index contributed by atoms with van der Waals surface area (Å²) in [6.45, 7) is 7.24. The van der Waals surface area contributed by atoms with E-state index in [9.17, 15) is 27.6 Å². The first-order chi connectivity index (χ1) is 19.8. The molecular weight excluding hydrogens is 555 g/mol. The third-order valence-electron chi connectivity index (χ3n) is 7.98. The van der Waals surface area contributed by atoms with Crippen LogP contribution in [0.3, 0.4) is 0 Å². The second-order valence-electron chi connectivity index (χ2n) is 11.1. The van der Waals surface area contributed by atoms with E-state index in [1.807, 2.05) is 6.92 Å². The molecule has 3 fully saturated rings. The molecule has 0 spiro atoms. The van der Waals surface area contributed by atoms with E-state index in [0.29, 0.717) is 50.3 Å². The highest BCUT2D eigenvalue weighted by atomic mass is 19.4. The predicted octanol–water partition coefficient (Wildman–Crippen LogP) is 3.77. The number of amides is 4. The number of alkyl halides is 3. The lowest BCUT2D eigenvalue weighted by Crippen LogP contribution is -2.58. The van der Waals surface area contributed by atoms with Gasteiger partial charge in [0.1, 0.15) is 12.4 Å². The highest BCUT2D eigenvalue weighted by Crippen LogP contribution is 2.55. The van der Waals surface area contributed by atoms with Gasteiger partial charge in [0.15, 0.2) is 0 Å². The minimum absolute atomic E-state index is 0.214. The quantitative estimate of drug-likeness (QED) is 0.474. The molecule has 0 saturated carbocycles. The molecule has 0 radical (unpaired) electrons. The zero-order valence-electron chi connectivity index (χ0n) is 23.2. The molecule has 3 heterocycles. The Bertz CT molecular complexity index is 1420. The van der Waals surface area contributed by atoms with Crippen molar-refractivity contribution >= 4 is 29.2 Å². The number of hydrogen-bond donors (Lipinski definition) is 2. The van der Waals surface area contributed by atoms with Crippen molar-refractivity contribution in [2.45, 2.75) is 38.1 Å². The Kier molecular flexibility index (Phi) is 7.40. The van der Waals surface area contributed by atoms with Crippen LogP contribution in [0.4, 0.5) is 29.3 Å². The van der Waals surface area contributed by atoms with Crippen LogP contribution >= 0.6 is 0 Å². The lowest BCUT2D eigenvalue weighted by Gasteiger charge is -2.45. The summed E-state index contributed by atoms with van der Waals surface area (Å²) < 4.78 is 53.0. The van der Waals surface area contributed by atoms with E-state index in [1.54, 1.807) is 38.1 Å². The number of urea groups is 1. The molecule has 3 aliphatic rings. The van der Waals surface area contributed by atoms with Gasteiger partial charge >= 0.3 is 12.2 Å². The Morgan fingerprint density at radius 1 is 1.10 bits per heavy atom. The number of morpholine rings is 1. The van der Waals surface area contributed by atoms with E-state index in [1.165, 1.54) is 12.1 Å². The van der Waals surface area contributed by atoms with Crippen LogP contribution < -0.4 is 20.3 Å². The minimum Gasteiger partial charge on any atom is -0.492 e. The maximum Gasteiger partial charge on any atom is 0.417 e. The third kappa shape index (κ3) is 5.16. The molecule has 13 heteroatoms. The second-order valence-corrected chi connectivity index (χ2v) is 11.1. The van der Waals surface area contributed by atoms with E-state index in [2.05, 4.69) is 15.5 Å². The summed E-state index contributed by atoms with van der Waals surface area (Å²) in [5.74, 6) is -2.39. The molecule has 2 N–H and O–H groups in total. The smallest absolute Gasteiger partial charge is 0.417 e. The average Bonchev–Trinajstić information content (AvgIpc) is 3.29. The fourth-order valence-corrected chi connectivity index (χ4v) is 6.44. The molecule has 222 valence electrons. The molecule has 42 heavy (non-hydrogen) atoms. The van der Waals surface area contributed by atoms with Crippen LogP contribution in [0.15, 0.2) is 42.5 Å². The Balaban J connectivity index is 1.27. The normalized spacial score (nSPS) is 27.0. The molecule has 3 aliphatic heterocycles. The van der Waals surface area contributed by atoms with Crippen LogP contribution in [0.2, 0.25) is 0 Å². The first-order valence-electron chi connectivity index (χ1n) is 13.5. The van der Waals surface area contributed by atoms with E-state index in [-0.39, 0.29) is 11.7 Å². The second kappa shape index (κ2) is 10.6. The molecule has 3 saturated heterocycles. The van der Waals surface area contributed by atoms with Crippen molar-refractivity contribution in [3.05, 3.63) is 53.6 Å². The van der Waals surface area contributed by atoms with E-state index in [0.717, 1.165) is 11.0 Å². The van der Waals surface area contributed by atoms with Crippen molar-refractivity contribution in [3.8, 4) is 11.8 Å². The third-order valence-corrected chi connectivity index (χ3v) is 7.98. The maximum atomic E-state index is 13.6. The lowest BCUT2D eigenvalue weighted by molar-refractivity contribution is -0.169. The summed E-state index contributed by atoms with van der Waals surface area (Å²) in [6.07, 6.45) is -4.83. The summed E-state index contributed by atoms with van der Waals surface area (Å²) in [5.41, 5.74) is -3.49. The van der Waals surface area contributed by atoms with Gasteiger partial charge < -0.3 is 20.1 Å². The first kappa shape index (κ1) is 29.3. The molecule has 10 nitrogen and oxygen atoms in total. The molecule has 2 unspecified atom stereocenters. The van der Waals surface area contributed by atoms with Crippen molar-refractivity contribution < 1.29 is 37.0 Å². The van der Waals surface area contributed by atoms with Crippen molar-refractivity contribution in [1.29, 1.82) is 5.26 Å². The van der Waals surface area contributed by atoms with Crippen LogP contribution in [0.25, 0.3) is 0 Å². The van der Waals surface area contributed by atoms with Crippen molar-refractivity contribution in [1.82, 2.24) is 10.2 Å². The van der Waals surface area contributed by atoms with Gasteiger partial charge in [-0.3, -0.25) is 14.5 Å². The van der Waals surface area contributed by atoms with Crippen LogP contribution in [-0.2, 0) is 20.5 Å². The Morgan fingerprint density at radius 3 is 2.26 bits per heavy atom. The fraction of sp³-hybridized carbons (Fsp3) is 0.448. The summed E-state index contributed by atoms with van der Waals surface area (Å²) >= 11 is 0. The number of carbonyl (C=O) groups is 3. The van der Waals surface area contributed by atoms with E-state index >= 15 is 0 Å². The number of anilines is 2. The Hall–Kier alpha value is -4.15. The van der Waals surface area contributed by atoms with Crippen LogP contribution in [-0.4, -0.2) is 66.7 Å². The molecule has 2 bridgehead atoms. The summed E-state index contributed by atoms with van der Waals surface area (Å²) in [5, 5.41) is 14.5. The number of nitrogens with zero attached hydrogens (tertiary/aromatic N) is 3. The predicted molar refractivity (Wildman–Crippen MR) is 145 cm³/mol. The number of ether oxygens (including phenoxy) is 2. The zero-order valence-corrected chi connectivity index (χ0v) is 23.2. The van der Waals surface area contributed by atoms with Crippen LogP contribution in [0.5, 0.6) is 5.75 Å². The van der Waals surface area contributed by atoms with Gasteiger partial charge in [-0.15, -0.1) is 0 Å².